The van der Waals surface area contributed by atoms with E-state index in [9.17, 15) is 5.11 Å². The van der Waals surface area contributed by atoms with E-state index in [1.165, 1.54) is 37.9 Å². The van der Waals surface area contributed by atoms with Gasteiger partial charge in [-0.15, -0.1) is 0 Å². The molecule has 1 heteroatoms. The van der Waals surface area contributed by atoms with Gasteiger partial charge in [0, 0.05) is 0 Å². The van der Waals surface area contributed by atoms with Crippen molar-refractivity contribution >= 4 is 32.3 Å². The molecule has 4 aromatic rings. The summed E-state index contributed by atoms with van der Waals surface area (Å²) in [5, 5.41) is 18.2. The van der Waals surface area contributed by atoms with Crippen LogP contribution < -0.4 is 0 Å². The molecule has 0 spiro atoms. The van der Waals surface area contributed by atoms with Crippen LogP contribution in [0.25, 0.3) is 32.3 Å². The zero-order chi connectivity index (χ0) is 13.3. The minimum absolute atomic E-state index is 0.322. The first kappa shape index (κ1) is 10.6. The smallest absolute Gasteiger partial charge is 0.0799 e. The van der Waals surface area contributed by atoms with Gasteiger partial charge in [0.2, 0.25) is 0 Å². The summed E-state index contributed by atoms with van der Waals surface area (Å²) in [4.78, 5) is 0. The van der Waals surface area contributed by atoms with Gasteiger partial charge in [-0.05, 0) is 62.4 Å². The second kappa shape index (κ2) is 3.50. The summed E-state index contributed by atoms with van der Waals surface area (Å²) >= 11 is 0. The van der Waals surface area contributed by atoms with E-state index in [2.05, 4.69) is 48.5 Å². The highest BCUT2D eigenvalue weighted by Crippen LogP contribution is 2.43. The van der Waals surface area contributed by atoms with Crippen molar-refractivity contribution in [3.05, 3.63) is 59.7 Å². The fourth-order valence-corrected chi connectivity index (χ4v) is 3.87. The van der Waals surface area contributed by atoms with E-state index in [1.807, 2.05) is 0 Å². The van der Waals surface area contributed by atoms with E-state index < -0.39 is 0 Å². The summed E-state index contributed by atoms with van der Waals surface area (Å²) < 4.78 is 0. The second-order valence-electron chi connectivity index (χ2n) is 5.86. The van der Waals surface area contributed by atoms with Crippen molar-refractivity contribution in [2.45, 2.75) is 18.9 Å². The van der Waals surface area contributed by atoms with Crippen LogP contribution in [0, 0.1) is 0 Å². The maximum atomic E-state index is 10.4. The van der Waals surface area contributed by atoms with Gasteiger partial charge in [-0.1, -0.05) is 42.5 Å². The molecule has 1 N–H and O–H groups in total. The average Bonchev–Trinajstić information content (AvgIpc) is 2.50. The van der Waals surface area contributed by atoms with Crippen LogP contribution in [-0.2, 0) is 6.42 Å². The molecule has 4 aromatic carbocycles. The highest BCUT2D eigenvalue weighted by molar-refractivity contribution is 6.24. The summed E-state index contributed by atoms with van der Waals surface area (Å²) in [5.74, 6) is 0. The molecule has 5 rings (SSSR count). The molecule has 1 unspecified atom stereocenters. The maximum Gasteiger partial charge on any atom is 0.0799 e. The molecule has 1 nitrogen and oxygen atoms in total. The summed E-state index contributed by atoms with van der Waals surface area (Å²) in [5.41, 5.74) is 2.50. The minimum atomic E-state index is -0.322. The fourth-order valence-electron chi connectivity index (χ4n) is 3.87. The lowest BCUT2D eigenvalue weighted by Crippen LogP contribution is -2.08. The van der Waals surface area contributed by atoms with Gasteiger partial charge in [0.05, 0.1) is 6.10 Å². The molecule has 1 aliphatic rings. The molecule has 0 fully saturated rings. The zero-order valence-electron chi connectivity index (χ0n) is 11.1. The number of hydrogen-bond donors (Lipinski definition) is 1. The molecule has 0 aliphatic heterocycles. The summed E-state index contributed by atoms with van der Waals surface area (Å²) in [7, 11) is 0. The Morgan fingerprint density at radius 2 is 1.55 bits per heavy atom. The topological polar surface area (TPSA) is 20.2 Å². The predicted molar refractivity (Wildman–Crippen MR) is 83.4 cm³/mol. The molecule has 0 bridgehead atoms. The Morgan fingerprint density at radius 1 is 0.800 bits per heavy atom. The second-order valence-corrected chi connectivity index (χ2v) is 5.86. The Balaban J connectivity index is 2.19. The van der Waals surface area contributed by atoms with Gasteiger partial charge in [-0.3, -0.25) is 0 Å². The van der Waals surface area contributed by atoms with Crippen molar-refractivity contribution in [3.8, 4) is 0 Å². The van der Waals surface area contributed by atoms with Crippen LogP contribution in [0.2, 0.25) is 0 Å². The molecule has 1 aliphatic carbocycles. The van der Waals surface area contributed by atoms with Gasteiger partial charge < -0.3 is 5.11 Å². The quantitative estimate of drug-likeness (QED) is 0.458. The first-order valence-corrected chi connectivity index (χ1v) is 7.20. The lowest BCUT2D eigenvalue weighted by atomic mass is 9.82. The number of aliphatic hydroxyl groups is 1. The van der Waals surface area contributed by atoms with Crippen molar-refractivity contribution in [3.63, 3.8) is 0 Å². The van der Waals surface area contributed by atoms with Crippen LogP contribution in [-0.4, -0.2) is 5.11 Å². The maximum absolute atomic E-state index is 10.4. The highest BCUT2D eigenvalue weighted by Gasteiger charge is 2.22. The normalized spacial score (nSPS) is 18.4. The van der Waals surface area contributed by atoms with Crippen LogP contribution in [0.4, 0.5) is 0 Å². The van der Waals surface area contributed by atoms with Gasteiger partial charge >= 0.3 is 0 Å². The monoisotopic (exact) mass is 258 g/mol. The van der Waals surface area contributed by atoms with E-state index in [0.717, 1.165) is 18.4 Å². The van der Waals surface area contributed by atoms with Gasteiger partial charge in [0.25, 0.3) is 0 Å². The highest BCUT2D eigenvalue weighted by atomic mass is 16.3. The standard InChI is InChI=1S/C19H14O/c20-16-9-8-12-5-7-13-6-4-11-2-1-3-14-10-15(16)18(12)19(13)17(11)14/h1-7,10,16,20H,8-9H2. The first-order chi connectivity index (χ1) is 9.83. The van der Waals surface area contributed by atoms with Gasteiger partial charge in [-0.2, -0.15) is 0 Å². The van der Waals surface area contributed by atoms with Crippen molar-refractivity contribution in [2.24, 2.45) is 0 Å². The van der Waals surface area contributed by atoms with E-state index >= 15 is 0 Å². The van der Waals surface area contributed by atoms with E-state index in [1.54, 1.807) is 0 Å². The Hall–Kier alpha value is -2.12. The van der Waals surface area contributed by atoms with Gasteiger partial charge in [-0.25, -0.2) is 0 Å². The van der Waals surface area contributed by atoms with E-state index in [0.29, 0.717) is 0 Å². The molecular formula is C19H14O. The Morgan fingerprint density at radius 3 is 2.45 bits per heavy atom. The molecule has 0 saturated heterocycles. The zero-order valence-corrected chi connectivity index (χ0v) is 11.1. The lowest BCUT2D eigenvalue weighted by molar-refractivity contribution is 0.167. The van der Waals surface area contributed by atoms with Crippen LogP contribution in [0.1, 0.15) is 23.7 Å². The van der Waals surface area contributed by atoms with Crippen molar-refractivity contribution in [1.82, 2.24) is 0 Å². The predicted octanol–water partition coefficient (Wildman–Crippen LogP) is 4.56. The molecule has 96 valence electrons. The number of aliphatic hydroxyl groups excluding tert-OH is 1. The largest absolute Gasteiger partial charge is 0.388 e. The SMILES string of the molecule is OC1CCc2ccc3ccc4cccc5cc1c2c3c45. The third kappa shape index (κ3) is 1.17. The Kier molecular flexibility index (Phi) is 1.86. The average molecular weight is 258 g/mol. The minimum Gasteiger partial charge on any atom is -0.388 e. The van der Waals surface area contributed by atoms with E-state index in [4.69, 9.17) is 0 Å². The third-order valence-corrected chi connectivity index (χ3v) is 4.79. The molecule has 0 heterocycles. The summed E-state index contributed by atoms with van der Waals surface area (Å²) in [6.45, 7) is 0. The van der Waals surface area contributed by atoms with Crippen LogP contribution in [0.3, 0.4) is 0 Å². The number of benzene rings is 4. The Labute approximate surface area is 116 Å². The number of aryl methyl sites for hydroxylation is 1. The molecule has 0 saturated carbocycles. The molecule has 0 radical (unpaired) electrons. The van der Waals surface area contributed by atoms with Crippen molar-refractivity contribution in [2.75, 3.05) is 0 Å². The molecule has 20 heavy (non-hydrogen) atoms. The summed E-state index contributed by atoms with van der Waals surface area (Å²) in [6, 6.07) is 17.5. The molecule has 0 aromatic heterocycles. The van der Waals surface area contributed by atoms with Crippen LogP contribution in [0.5, 0.6) is 0 Å². The fraction of sp³-hybridized carbons (Fsp3) is 0.158. The molecule has 1 atom stereocenters. The van der Waals surface area contributed by atoms with E-state index in [-0.39, 0.29) is 6.10 Å². The van der Waals surface area contributed by atoms with Gasteiger partial charge in [0.1, 0.15) is 0 Å². The van der Waals surface area contributed by atoms with Gasteiger partial charge in [0.15, 0.2) is 0 Å². The van der Waals surface area contributed by atoms with Crippen LogP contribution >= 0.6 is 0 Å². The van der Waals surface area contributed by atoms with Crippen molar-refractivity contribution < 1.29 is 5.11 Å². The lowest BCUT2D eigenvalue weighted by Gasteiger charge is -2.24. The van der Waals surface area contributed by atoms with Crippen molar-refractivity contribution in [1.29, 1.82) is 0 Å². The summed E-state index contributed by atoms with van der Waals surface area (Å²) in [6.07, 6.45) is 1.49. The molecule has 0 amide bonds. The Bertz CT molecular complexity index is 968. The number of rotatable bonds is 0. The number of hydrogen-bond acceptors (Lipinski definition) is 1. The van der Waals surface area contributed by atoms with Crippen LogP contribution in [0.15, 0.2) is 48.5 Å². The third-order valence-electron chi connectivity index (χ3n) is 4.79. The first-order valence-electron chi connectivity index (χ1n) is 7.20. The molecular weight excluding hydrogens is 244 g/mol.